The molecule has 1 atom stereocenters. The lowest BCUT2D eigenvalue weighted by molar-refractivity contribution is 0.149. The van der Waals surface area contributed by atoms with E-state index in [9.17, 15) is 5.11 Å². The summed E-state index contributed by atoms with van der Waals surface area (Å²) in [6, 6.07) is 7.44. The topological polar surface area (TPSA) is 51.8 Å². The molecule has 4 nitrogen and oxygen atoms in total. The molecule has 0 fully saturated rings. The fraction of sp³-hybridized carbons (Fsp3) is 0.333. The first-order chi connectivity index (χ1) is 9.15. The summed E-state index contributed by atoms with van der Waals surface area (Å²) in [5.41, 5.74) is 1.91. The Morgan fingerprint density at radius 3 is 2.47 bits per heavy atom. The number of furan rings is 1. The Labute approximate surface area is 112 Å². The molecule has 0 radical (unpaired) electrons. The molecular weight excluding hydrogens is 244 g/mol. The van der Waals surface area contributed by atoms with Gasteiger partial charge in [-0.3, -0.25) is 0 Å². The van der Waals surface area contributed by atoms with E-state index >= 15 is 0 Å². The van der Waals surface area contributed by atoms with Gasteiger partial charge in [0.2, 0.25) is 0 Å². The minimum absolute atomic E-state index is 0.467. The molecule has 1 heterocycles. The van der Waals surface area contributed by atoms with Crippen molar-refractivity contribution in [3.05, 3.63) is 47.4 Å². The maximum absolute atomic E-state index is 10.2. The van der Waals surface area contributed by atoms with Gasteiger partial charge in [-0.15, -0.1) is 0 Å². The van der Waals surface area contributed by atoms with Crippen LogP contribution in [0.2, 0.25) is 0 Å². The van der Waals surface area contributed by atoms with Crippen LogP contribution in [0.5, 0.6) is 11.5 Å². The quantitative estimate of drug-likeness (QED) is 0.900. The molecule has 0 aliphatic carbocycles. The number of aryl methyl sites for hydroxylation is 1. The molecule has 1 aromatic heterocycles. The molecule has 0 saturated carbocycles. The Morgan fingerprint density at radius 1 is 1.16 bits per heavy atom. The number of aliphatic hydroxyl groups is 1. The summed E-state index contributed by atoms with van der Waals surface area (Å²) >= 11 is 0. The summed E-state index contributed by atoms with van der Waals surface area (Å²) < 4.78 is 15.7. The van der Waals surface area contributed by atoms with Gasteiger partial charge in [0.25, 0.3) is 0 Å². The van der Waals surface area contributed by atoms with Gasteiger partial charge in [0.05, 0.1) is 20.5 Å². The first-order valence-electron chi connectivity index (χ1n) is 6.08. The van der Waals surface area contributed by atoms with Crippen LogP contribution in [-0.4, -0.2) is 19.3 Å². The van der Waals surface area contributed by atoms with Crippen molar-refractivity contribution in [2.45, 2.75) is 19.4 Å². The third-order valence-electron chi connectivity index (χ3n) is 3.08. The number of methoxy groups -OCH3 is 2. The molecule has 1 unspecified atom stereocenters. The first kappa shape index (κ1) is 13.5. The molecule has 19 heavy (non-hydrogen) atoms. The lowest BCUT2D eigenvalue weighted by Crippen LogP contribution is -2.02. The van der Waals surface area contributed by atoms with E-state index in [0.717, 1.165) is 11.1 Å². The normalized spacial score (nSPS) is 12.2. The van der Waals surface area contributed by atoms with Gasteiger partial charge < -0.3 is 19.0 Å². The first-order valence-corrected chi connectivity index (χ1v) is 6.08. The highest BCUT2D eigenvalue weighted by atomic mass is 16.5. The van der Waals surface area contributed by atoms with Crippen molar-refractivity contribution in [2.75, 3.05) is 14.2 Å². The minimum atomic E-state index is -0.659. The van der Waals surface area contributed by atoms with E-state index in [1.54, 1.807) is 20.5 Å². The molecule has 0 amide bonds. The number of benzene rings is 1. The van der Waals surface area contributed by atoms with Gasteiger partial charge in [0.1, 0.15) is 11.9 Å². The molecule has 1 aromatic carbocycles. The molecule has 4 heteroatoms. The van der Waals surface area contributed by atoms with Crippen molar-refractivity contribution in [2.24, 2.45) is 0 Å². The Kier molecular flexibility index (Phi) is 4.12. The Hall–Kier alpha value is -1.94. The van der Waals surface area contributed by atoms with Crippen molar-refractivity contribution in [1.82, 2.24) is 0 Å². The lowest BCUT2D eigenvalue weighted by atomic mass is 10.0. The van der Waals surface area contributed by atoms with Crippen LogP contribution in [0.25, 0.3) is 0 Å². The molecule has 102 valence electrons. The van der Waals surface area contributed by atoms with Crippen LogP contribution in [0.15, 0.2) is 34.9 Å². The van der Waals surface area contributed by atoms with Crippen molar-refractivity contribution < 1.29 is 19.0 Å². The zero-order valence-corrected chi connectivity index (χ0v) is 11.3. The average Bonchev–Trinajstić information content (AvgIpc) is 2.85. The molecule has 1 N–H and O–H groups in total. The van der Waals surface area contributed by atoms with E-state index in [-0.39, 0.29) is 0 Å². The summed E-state index contributed by atoms with van der Waals surface area (Å²) in [7, 11) is 3.19. The summed E-state index contributed by atoms with van der Waals surface area (Å²) in [6.45, 7) is 1.91. The van der Waals surface area contributed by atoms with Crippen LogP contribution in [0, 0.1) is 6.92 Å². The fourth-order valence-corrected chi connectivity index (χ4v) is 2.05. The van der Waals surface area contributed by atoms with Crippen molar-refractivity contribution >= 4 is 0 Å². The van der Waals surface area contributed by atoms with E-state index in [1.165, 1.54) is 0 Å². The number of hydrogen-bond donors (Lipinski definition) is 1. The molecule has 0 bridgehead atoms. The molecule has 0 spiro atoms. The molecule has 0 saturated heterocycles. The largest absolute Gasteiger partial charge is 0.493 e. The molecular formula is C15H18O4. The third kappa shape index (κ3) is 2.90. The van der Waals surface area contributed by atoms with Gasteiger partial charge in [-0.1, -0.05) is 6.07 Å². The van der Waals surface area contributed by atoms with Crippen LogP contribution in [0.4, 0.5) is 0 Å². The maximum atomic E-state index is 10.2. The Balaban J connectivity index is 2.17. The van der Waals surface area contributed by atoms with Crippen molar-refractivity contribution in [3.8, 4) is 11.5 Å². The minimum Gasteiger partial charge on any atom is -0.493 e. The number of rotatable bonds is 5. The second-order valence-corrected chi connectivity index (χ2v) is 4.38. The van der Waals surface area contributed by atoms with Gasteiger partial charge in [0.15, 0.2) is 11.5 Å². The van der Waals surface area contributed by atoms with Gasteiger partial charge in [-0.2, -0.15) is 0 Å². The van der Waals surface area contributed by atoms with E-state index < -0.39 is 6.10 Å². The predicted molar refractivity (Wildman–Crippen MR) is 71.7 cm³/mol. The summed E-state index contributed by atoms with van der Waals surface area (Å²) in [4.78, 5) is 0. The molecule has 0 aliphatic heterocycles. The summed E-state index contributed by atoms with van der Waals surface area (Å²) in [6.07, 6.45) is 1.39. The van der Waals surface area contributed by atoms with E-state index in [0.29, 0.717) is 23.7 Å². The zero-order valence-electron chi connectivity index (χ0n) is 11.3. The van der Waals surface area contributed by atoms with Crippen LogP contribution >= 0.6 is 0 Å². The van der Waals surface area contributed by atoms with Gasteiger partial charge >= 0.3 is 0 Å². The highest BCUT2D eigenvalue weighted by Crippen LogP contribution is 2.30. The van der Waals surface area contributed by atoms with Crippen LogP contribution in [0.1, 0.15) is 23.0 Å². The highest BCUT2D eigenvalue weighted by Gasteiger charge is 2.15. The van der Waals surface area contributed by atoms with Gasteiger partial charge in [-0.25, -0.2) is 0 Å². The number of hydrogen-bond acceptors (Lipinski definition) is 4. The standard InChI is InChI=1S/C15H18O4/c1-10-6-7-19-15(10)12(16)8-11-4-5-13(17-2)14(9-11)18-3/h4-7,9,12,16H,8H2,1-3H3. The van der Waals surface area contributed by atoms with Crippen molar-refractivity contribution in [3.63, 3.8) is 0 Å². The monoisotopic (exact) mass is 262 g/mol. The smallest absolute Gasteiger partial charge is 0.160 e. The van der Waals surface area contributed by atoms with Crippen molar-refractivity contribution in [1.29, 1.82) is 0 Å². The fourth-order valence-electron chi connectivity index (χ4n) is 2.05. The highest BCUT2D eigenvalue weighted by molar-refractivity contribution is 5.43. The van der Waals surface area contributed by atoms with Crippen LogP contribution in [0.3, 0.4) is 0 Å². The van der Waals surface area contributed by atoms with E-state index in [4.69, 9.17) is 13.9 Å². The second-order valence-electron chi connectivity index (χ2n) is 4.38. The summed E-state index contributed by atoms with van der Waals surface area (Å²) in [5.74, 6) is 1.94. The summed E-state index contributed by atoms with van der Waals surface area (Å²) in [5, 5.41) is 10.2. The lowest BCUT2D eigenvalue weighted by Gasteiger charge is -2.12. The average molecular weight is 262 g/mol. The zero-order chi connectivity index (χ0) is 13.8. The number of ether oxygens (including phenoxy) is 2. The van der Waals surface area contributed by atoms with E-state index in [1.807, 2.05) is 31.2 Å². The molecule has 0 aliphatic rings. The SMILES string of the molecule is COc1ccc(CC(O)c2occc2C)cc1OC. The van der Waals surface area contributed by atoms with E-state index in [2.05, 4.69) is 0 Å². The molecule has 2 aromatic rings. The second kappa shape index (κ2) is 5.80. The maximum Gasteiger partial charge on any atom is 0.160 e. The van der Waals surface area contributed by atoms with Crippen LogP contribution in [-0.2, 0) is 6.42 Å². The van der Waals surface area contributed by atoms with Gasteiger partial charge in [-0.05, 0) is 36.2 Å². The number of aliphatic hydroxyl groups excluding tert-OH is 1. The Bertz CT molecular complexity index is 545. The third-order valence-corrected chi connectivity index (χ3v) is 3.08. The Morgan fingerprint density at radius 2 is 1.89 bits per heavy atom. The van der Waals surface area contributed by atoms with Crippen LogP contribution < -0.4 is 9.47 Å². The van der Waals surface area contributed by atoms with Gasteiger partial charge in [0, 0.05) is 6.42 Å². The molecule has 2 rings (SSSR count). The predicted octanol–water partition coefficient (Wildman–Crippen LogP) is 2.88.